The van der Waals surface area contributed by atoms with Crippen LogP contribution in [-0.4, -0.2) is 64.7 Å². The van der Waals surface area contributed by atoms with Gasteiger partial charge in [0.1, 0.15) is 0 Å². The zero-order valence-electron chi connectivity index (χ0n) is 18.6. The summed E-state index contributed by atoms with van der Waals surface area (Å²) in [5.41, 5.74) is 0.548. The molecule has 0 spiro atoms. The maximum atomic E-state index is 13.0. The number of thioether (sulfide) groups is 1. The Kier molecular flexibility index (Phi) is 7.21. The molecular formula is C22H30N4O4S2. The number of carbonyl (C=O) groups is 1. The van der Waals surface area contributed by atoms with E-state index in [0.717, 1.165) is 38.5 Å². The van der Waals surface area contributed by atoms with Crippen molar-refractivity contribution in [3.63, 3.8) is 0 Å². The Labute approximate surface area is 193 Å². The first-order valence-electron chi connectivity index (χ1n) is 11.2. The van der Waals surface area contributed by atoms with Crippen LogP contribution in [0.25, 0.3) is 11.5 Å². The predicted octanol–water partition coefficient (Wildman–Crippen LogP) is 3.79. The highest BCUT2D eigenvalue weighted by Crippen LogP contribution is 2.28. The monoisotopic (exact) mass is 478 g/mol. The molecule has 0 unspecified atom stereocenters. The van der Waals surface area contributed by atoms with Crippen molar-refractivity contribution >= 4 is 27.7 Å². The van der Waals surface area contributed by atoms with Gasteiger partial charge in [-0.05, 0) is 64.2 Å². The van der Waals surface area contributed by atoms with Crippen LogP contribution in [0.4, 0.5) is 0 Å². The van der Waals surface area contributed by atoms with Gasteiger partial charge in [-0.25, -0.2) is 8.42 Å². The number of hydrogen-bond acceptors (Lipinski definition) is 7. The lowest BCUT2D eigenvalue weighted by Gasteiger charge is -2.39. The number of likely N-dealkylation sites (tertiary alicyclic amines) is 1. The molecule has 10 heteroatoms. The summed E-state index contributed by atoms with van der Waals surface area (Å²) in [6.07, 6.45) is 6.05. The van der Waals surface area contributed by atoms with E-state index in [-0.39, 0.29) is 34.5 Å². The van der Waals surface area contributed by atoms with Crippen molar-refractivity contribution in [2.45, 2.75) is 74.6 Å². The fraction of sp³-hybridized carbons (Fsp3) is 0.591. The number of benzene rings is 1. The Morgan fingerprint density at radius 3 is 2.53 bits per heavy atom. The second-order valence-corrected chi connectivity index (χ2v) is 11.4. The number of sulfonamides is 1. The first-order chi connectivity index (χ1) is 15.4. The van der Waals surface area contributed by atoms with Crippen LogP contribution in [0.2, 0.25) is 0 Å². The summed E-state index contributed by atoms with van der Waals surface area (Å²) >= 11 is 1.22. The van der Waals surface area contributed by atoms with Crippen molar-refractivity contribution in [2.24, 2.45) is 0 Å². The van der Waals surface area contributed by atoms with E-state index in [1.807, 2.05) is 4.90 Å². The van der Waals surface area contributed by atoms with E-state index in [0.29, 0.717) is 23.9 Å². The van der Waals surface area contributed by atoms with E-state index in [9.17, 15) is 13.2 Å². The average Bonchev–Trinajstić information content (AvgIpc) is 3.27. The highest BCUT2D eigenvalue weighted by molar-refractivity contribution is 7.99. The predicted molar refractivity (Wildman–Crippen MR) is 123 cm³/mol. The van der Waals surface area contributed by atoms with Crippen LogP contribution in [0, 0.1) is 0 Å². The van der Waals surface area contributed by atoms with Gasteiger partial charge in [0.2, 0.25) is 21.8 Å². The molecule has 2 saturated heterocycles. The first kappa shape index (κ1) is 23.3. The number of hydrogen-bond donors (Lipinski definition) is 0. The molecule has 2 aliphatic rings. The molecule has 1 amide bonds. The smallest absolute Gasteiger partial charge is 0.277 e. The summed E-state index contributed by atoms with van der Waals surface area (Å²) in [6.45, 7) is 5.29. The van der Waals surface area contributed by atoms with Crippen molar-refractivity contribution in [2.75, 3.05) is 18.8 Å². The van der Waals surface area contributed by atoms with E-state index in [1.54, 1.807) is 28.6 Å². The van der Waals surface area contributed by atoms with Gasteiger partial charge in [0, 0.05) is 30.7 Å². The SMILES string of the molecule is C[C@H]1CCC[C@H](C)N1C(=O)CSc1nnc(-c2cccc(S(=O)(=O)N3CCCCC3)c2)o1. The third-order valence-corrected chi connectivity index (χ3v) is 8.94. The van der Waals surface area contributed by atoms with Crippen LogP contribution in [-0.2, 0) is 14.8 Å². The van der Waals surface area contributed by atoms with Gasteiger partial charge in [-0.3, -0.25) is 4.79 Å². The van der Waals surface area contributed by atoms with Gasteiger partial charge in [-0.2, -0.15) is 4.31 Å². The molecule has 2 fully saturated rings. The lowest BCUT2D eigenvalue weighted by Crippen LogP contribution is -2.48. The average molecular weight is 479 g/mol. The normalized spacial score (nSPS) is 22.8. The van der Waals surface area contributed by atoms with Crippen LogP contribution >= 0.6 is 11.8 Å². The molecule has 174 valence electrons. The van der Waals surface area contributed by atoms with E-state index >= 15 is 0 Å². The molecule has 8 nitrogen and oxygen atoms in total. The maximum absolute atomic E-state index is 13.0. The molecule has 0 radical (unpaired) electrons. The Balaban J connectivity index is 1.43. The summed E-state index contributed by atoms with van der Waals surface area (Å²) in [5.74, 6) is 0.555. The number of rotatable bonds is 6. The van der Waals surface area contributed by atoms with Gasteiger partial charge in [0.05, 0.1) is 10.6 Å². The quantitative estimate of drug-likeness (QED) is 0.583. The molecule has 2 aliphatic heterocycles. The highest BCUT2D eigenvalue weighted by atomic mass is 32.2. The van der Waals surface area contributed by atoms with Crippen LogP contribution < -0.4 is 0 Å². The van der Waals surface area contributed by atoms with Crippen molar-refractivity contribution in [1.82, 2.24) is 19.4 Å². The second-order valence-electron chi connectivity index (χ2n) is 8.58. The molecule has 0 N–H and O–H groups in total. The molecule has 1 aromatic carbocycles. The number of aromatic nitrogens is 2. The standard InChI is InChI=1S/C22H30N4O4S2/c1-16-8-6-9-17(2)26(16)20(27)15-31-22-24-23-21(30-22)18-10-7-11-19(14-18)32(28,29)25-12-4-3-5-13-25/h7,10-11,14,16-17H,3-6,8-9,12-13,15H2,1-2H3/t16-,17-/m0/s1. The fourth-order valence-corrected chi connectivity index (χ4v) is 6.74. The van der Waals surface area contributed by atoms with Crippen molar-refractivity contribution in [3.05, 3.63) is 24.3 Å². The Morgan fingerprint density at radius 2 is 1.81 bits per heavy atom. The summed E-state index contributed by atoms with van der Waals surface area (Å²) in [4.78, 5) is 14.9. The molecular weight excluding hydrogens is 448 g/mol. The number of carbonyl (C=O) groups excluding carboxylic acids is 1. The number of piperidine rings is 2. The maximum Gasteiger partial charge on any atom is 0.277 e. The lowest BCUT2D eigenvalue weighted by atomic mass is 9.98. The largest absolute Gasteiger partial charge is 0.411 e. The molecule has 1 aromatic heterocycles. The topological polar surface area (TPSA) is 96.6 Å². The van der Waals surface area contributed by atoms with E-state index < -0.39 is 10.0 Å². The van der Waals surface area contributed by atoms with Gasteiger partial charge in [0.25, 0.3) is 5.22 Å². The zero-order chi connectivity index (χ0) is 22.7. The Morgan fingerprint density at radius 1 is 1.09 bits per heavy atom. The lowest BCUT2D eigenvalue weighted by molar-refractivity contribution is -0.134. The van der Waals surface area contributed by atoms with Gasteiger partial charge < -0.3 is 9.32 Å². The minimum atomic E-state index is -3.54. The van der Waals surface area contributed by atoms with Crippen molar-refractivity contribution in [3.8, 4) is 11.5 Å². The first-order valence-corrected chi connectivity index (χ1v) is 13.7. The van der Waals surface area contributed by atoms with Crippen LogP contribution in [0.5, 0.6) is 0 Å². The zero-order valence-corrected chi connectivity index (χ0v) is 20.2. The van der Waals surface area contributed by atoms with Crippen LogP contribution in [0.3, 0.4) is 0 Å². The van der Waals surface area contributed by atoms with Gasteiger partial charge in [-0.15, -0.1) is 10.2 Å². The molecule has 0 saturated carbocycles. The number of nitrogens with zero attached hydrogens (tertiary/aromatic N) is 4. The van der Waals surface area contributed by atoms with Gasteiger partial charge in [-0.1, -0.05) is 24.2 Å². The van der Waals surface area contributed by atoms with E-state index in [4.69, 9.17) is 4.42 Å². The van der Waals surface area contributed by atoms with E-state index in [2.05, 4.69) is 24.0 Å². The van der Waals surface area contributed by atoms with Crippen molar-refractivity contribution < 1.29 is 17.6 Å². The van der Waals surface area contributed by atoms with Crippen LogP contribution in [0.1, 0.15) is 52.4 Å². The number of amides is 1. The summed E-state index contributed by atoms with van der Waals surface area (Å²) < 4.78 is 33.2. The molecule has 2 atom stereocenters. The second kappa shape index (κ2) is 9.93. The Hall–Kier alpha value is -1.91. The van der Waals surface area contributed by atoms with E-state index in [1.165, 1.54) is 11.8 Å². The molecule has 0 bridgehead atoms. The molecule has 32 heavy (non-hydrogen) atoms. The molecule has 2 aromatic rings. The van der Waals surface area contributed by atoms with Gasteiger partial charge >= 0.3 is 0 Å². The van der Waals surface area contributed by atoms with Gasteiger partial charge in [0.15, 0.2) is 0 Å². The van der Waals surface area contributed by atoms with Crippen LogP contribution in [0.15, 0.2) is 38.8 Å². The fourth-order valence-electron chi connectivity index (χ4n) is 4.54. The third-order valence-electron chi connectivity index (χ3n) is 6.24. The minimum absolute atomic E-state index is 0.0732. The Bertz CT molecular complexity index is 1040. The molecule has 4 rings (SSSR count). The summed E-state index contributed by atoms with van der Waals surface area (Å²) in [6, 6.07) is 7.10. The van der Waals surface area contributed by atoms with Crippen molar-refractivity contribution in [1.29, 1.82) is 0 Å². The highest BCUT2D eigenvalue weighted by Gasteiger charge is 2.29. The minimum Gasteiger partial charge on any atom is -0.411 e. The molecule has 0 aliphatic carbocycles. The third kappa shape index (κ3) is 5.02. The molecule has 3 heterocycles. The summed E-state index contributed by atoms with van der Waals surface area (Å²) in [5, 5.41) is 8.42. The summed E-state index contributed by atoms with van der Waals surface area (Å²) in [7, 11) is -3.54.